The van der Waals surface area contributed by atoms with E-state index in [4.69, 9.17) is 5.73 Å². The standard InChI is InChI=1S/C18H19N5O.2ClH/c1-12-20-21-17-8-7-14(9-23(12)17)18(24)22-10-15(16(19)11-22)13-5-3-2-4-6-13;;/h2-9,15-16H,10-11,19H2,1H3;2*1H/t15-,16+;;/m0../s1. The van der Waals surface area contributed by atoms with Crippen molar-refractivity contribution >= 4 is 36.4 Å². The molecule has 1 saturated heterocycles. The predicted octanol–water partition coefficient (Wildman–Crippen LogP) is 2.45. The average molecular weight is 394 g/mol. The van der Waals surface area contributed by atoms with Crippen LogP contribution in [0.15, 0.2) is 48.7 Å². The van der Waals surface area contributed by atoms with Crippen LogP contribution in [0.25, 0.3) is 5.65 Å². The Bertz CT molecular complexity index is 899. The third-order valence-electron chi connectivity index (χ3n) is 4.70. The number of aromatic nitrogens is 3. The molecular formula is C18H21Cl2N5O. The highest BCUT2D eigenvalue weighted by molar-refractivity contribution is 5.94. The molecule has 0 radical (unpaired) electrons. The normalized spacial score (nSPS) is 19.1. The minimum atomic E-state index is -0.0447. The fourth-order valence-corrected chi connectivity index (χ4v) is 3.36. The minimum absolute atomic E-state index is 0. The highest BCUT2D eigenvalue weighted by Gasteiger charge is 2.34. The number of halogens is 2. The van der Waals surface area contributed by atoms with Crippen LogP contribution in [0.4, 0.5) is 0 Å². The maximum atomic E-state index is 12.9. The van der Waals surface area contributed by atoms with Crippen LogP contribution in [0.5, 0.6) is 0 Å². The zero-order valence-electron chi connectivity index (χ0n) is 14.3. The van der Waals surface area contributed by atoms with Crippen molar-refractivity contribution in [3.05, 3.63) is 65.6 Å². The molecule has 0 aliphatic carbocycles. The van der Waals surface area contributed by atoms with Gasteiger partial charge in [-0.15, -0.1) is 35.0 Å². The first-order valence-corrected chi connectivity index (χ1v) is 8.04. The summed E-state index contributed by atoms with van der Waals surface area (Å²) in [5, 5.41) is 8.07. The van der Waals surface area contributed by atoms with Gasteiger partial charge in [-0.1, -0.05) is 30.3 Å². The fraction of sp³-hybridized carbons (Fsp3) is 0.278. The third-order valence-corrected chi connectivity index (χ3v) is 4.70. The lowest BCUT2D eigenvalue weighted by Crippen LogP contribution is -2.32. The van der Waals surface area contributed by atoms with Crippen molar-refractivity contribution in [2.75, 3.05) is 13.1 Å². The van der Waals surface area contributed by atoms with Crippen molar-refractivity contribution in [2.24, 2.45) is 5.73 Å². The van der Waals surface area contributed by atoms with E-state index in [0.717, 1.165) is 11.5 Å². The highest BCUT2D eigenvalue weighted by atomic mass is 35.5. The number of pyridine rings is 1. The Morgan fingerprint density at radius 1 is 1.08 bits per heavy atom. The van der Waals surface area contributed by atoms with Gasteiger partial charge in [0.1, 0.15) is 5.82 Å². The Hall–Kier alpha value is -2.15. The highest BCUT2D eigenvalue weighted by Crippen LogP contribution is 2.27. The summed E-state index contributed by atoms with van der Waals surface area (Å²) in [5.74, 6) is 0.939. The number of likely N-dealkylation sites (tertiary alicyclic amines) is 1. The van der Waals surface area contributed by atoms with E-state index in [9.17, 15) is 4.79 Å². The van der Waals surface area contributed by atoms with Crippen molar-refractivity contribution in [1.82, 2.24) is 19.5 Å². The number of rotatable bonds is 2. The van der Waals surface area contributed by atoms with Gasteiger partial charge >= 0.3 is 0 Å². The van der Waals surface area contributed by atoms with Crippen LogP contribution >= 0.6 is 24.8 Å². The van der Waals surface area contributed by atoms with Gasteiger partial charge in [-0.05, 0) is 24.6 Å². The van der Waals surface area contributed by atoms with Crippen LogP contribution in [-0.2, 0) is 0 Å². The zero-order valence-corrected chi connectivity index (χ0v) is 15.9. The van der Waals surface area contributed by atoms with Gasteiger partial charge in [0.2, 0.25) is 0 Å². The van der Waals surface area contributed by atoms with E-state index in [1.807, 2.05) is 40.5 Å². The molecule has 1 fully saturated rings. The largest absolute Gasteiger partial charge is 0.336 e. The number of carbonyl (C=O) groups excluding carboxylic acids is 1. The van der Waals surface area contributed by atoms with E-state index in [2.05, 4.69) is 22.3 Å². The number of hydrogen-bond donors (Lipinski definition) is 1. The molecule has 8 heteroatoms. The number of benzene rings is 1. The van der Waals surface area contributed by atoms with Crippen LogP contribution in [0, 0.1) is 6.92 Å². The van der Waals surface area contributed by atoms with Crippen LogP contribution in [-0.4, -0.2) is 44.5 Å². The Labute approximate surface area is 164 Å². The molecule has 3 heterocycles. The Morgan fingerprint density at radius 3 is 2.54 bits per heavy atom. The van der Waals surface area contributed by atoms with Crippen molar-refractivity contribution in [2.45, 2.75) is 18.9 Å². The van der Waals surface area contributed by atoms with Crippen LogP contribution < -0.4 is 5.73 Å². The minimum Gasteiger partial charge on any atom is -0.336 e. The quantitative estimate of drug-likeness (QED) is 0.725. The topological polar surface area (TPSA) is 76.5 Å². The first-order chi connectivity index (χ1) is 11.6. The molecule has 2 aromatic heterocycles. The number of fused-ring (bicyclic) bond motifs is 1. The maximum absolute atomic E-state index is 12.9. The Morgan fingerprint density at radius 2 is 1.81 bits per heavy atom. The number of amides is 1. The molecule has 1 amide bonds. The van der Waals surface area contributed by atoms with Gasteiger partial charge in [-0.25, -0.2) is 0 Å². The molecule has 2 atom stereocenters. The molecule has 0 spiro atoms. The lowest BCUT2D eigenvalue weighted by atomic mass is 9.95. The SMILES string of the molecule is Cc1nnc2ccc(C(=O)N3C[C@@H](N)[C@H](c4ccccc4)C3)cn12.Cl.Cl. The molecule has 3 aromatic rings. The van der Waals surface area contributed by atoms with E-state index < -0.39 is 0 Å². The molecule has 0 saturated carbocycles. The van der Waals surface area contributed by atoms with Gasteiger partial charge in [-0.2, -0.15) is 0 Å². The maximum Gasteiger partial charge on any atom is 0.255 e. The molecule has 1 aromatic carbocycles. The van der Waals surface area contributed by atoms with Crippen LogP contribution in [0.2, 0.25) is 0 Å². The molecule has 1 aliphatic heterocycles. The summed E-state index contributed by atoms with van der Waals surface area (Å²) in [5.41, 5.74) is 8.85. The first-order valence-electron chi connectivity index (χ1n) is 8.04. The number of nitrogens with two attached hydrogens (primary N) is 1. The summed E-state index contributed by atoms with van der Waals surface area (Å²) in [7, 11) is 0. The summed E-state index contributed by atoms with van der Waals surface area (Å²) in [6, 6.07) is 13.7. The molecule has 4 rings (SSSR count). The molecule has 138 valence electrons. The summed E-state index contributed by atoms with van der Waals surface area (Å²) >= 11 is 0. The van der Waals surface area contributed by atoms with Gasteiger partial charge in [0, 0.05) is 31.2 Å². The predicted molar refractivity (Wildman–Crippen MR) is 105 cm³/mol. The third kappa shape index (κ3) is 3.53. The molecule has 6 nitrogen and oxygen atoms in total. The van der Waals surface area contributed by atoms with E-state index in [1.165, 1.54) is 5.56 Å². The Kier molecular flexibility index (Phi) is 6.23. The molecule has 26 heavy (non-hydrogen) atoms. The lowest BCUT2D eigenvalue weighted by molar-refractivity contribution is 0.0788. The van der Waals surface area contributed by atoms with E-state index in [-0.39, 0.29) is 42.7 Å². The molecule has 0 unspecified atom stereocenters. The second-order valence-corrected chi connectivity index (χ2v) is 6.28. The van der Waals surface area contributed by atoms with Gasteiger partial charge in [0.25, 0.3) is 5.91 Å². The molecular weight excluding hydrogens is 373 g/mol. The summed E-state index contributed by atoms with van der Waals surface area (Å²) in [6.07, 6.45) is 1.80. The fourth-order valence-electron chi connectivity index (χ4n) is 3.36. The number of nitrogens with zero attached hydrogens (tertiary/aromatic N) is 4. The number of carbonyl (C=O) groups is 1. The number of hydrogen-bond acceptors (Lipinski definition) is 4. The summed E-state index contributed by atoms with van der Waals surface area (Å²) in [4.78, 5) is 14.7. The smallest absolute Gasteiger partial charge is 0.255 e. The van der Waals surface area contributed by atoms with E-state index >= 15 is 0 Å². The van der Waals surface area contributed by atoms with Crippen molar-refractivity contribution in [3.63, 3.8) is 0 Å². The molecule has 1 aliphatic rings. The second kappa shape index (κ2) is 8.03. The average Bonchev–Trinajstić information content (AvgIpc) is 3.18. The van der Waals surface area contributed by atoms with Gasteiger partial charge in [0.15, 0.2) is 5.65 Å². The van der Waals surface area contributed by atoms with Crippen molar-refractivity contribution < 1.29 is 4.79 Å². The van der Waals surface area contributed by atoms with Crippen LogP contribution in [0.3, 0.4) is 0 Å². The Balaban J connectivity index is 0.00000121. The van der Waals surface area contributed by atoms with E-state index in [0.29, 0.717) is 18.7 Å². The first kappa shape index (κ1) is 20.2. The van der Waals surface area contributed by atoms with Gasteiger partial charge in [-0.3, -0.25) is 9.20 Å². The summed E-state index contributed by atoms with van der Waals surface area (Å²) in [6.45, 7) is 3.08. The van der Waals surface area contributed by atoms with E-state index in [1.54, 1.807) is 12.3 Å². The van der Waals surface area contributed by atoms with Gasteiger partial charge < -0.3 is 10.6 Å². The second-order valence-electron chi connectivity index (χ2n) is 6.28. The molecule has 0 bridgehead atoms. The lowest BCUT2D eigenvalue weighted by Gasteiger charge is -2.16. The zero-order chi connectivity index (χ0) is 16.7. The van der Waals surface area contributed by atoms with Crippen molar-refractivity contribution in [1.29, 1.82) is 0 Å². The molecule has 2 N–H and O–H groups in total. The van der Waals surface area contributed by atoms with Crippen molar-refractivity contribution in [3.8, 4) is 0 Å². The summed E-state index contributed by atoms with van der Waals surface area (Å²) < 4.78 is 1.83. The van der Waals surface area contributed by atoms with Gasteiger partial charge in [0.05, 0.1) is 5.56 Å². The van der Waals surface area contributed by atoms with Crippen LogP contribution in [0.1, 0.15) is 27.7 Å². The number of aryl methyl sites for hydroxylation is 1. The monoisotopic (exact) mass is 393 g/mol.